The van der Waals surface area contributed by atoms with Gasteiger partial charge in [0.2, 0.25) is 5.91 Å². The summed E-state index contributed by atoms with van der Waals surface area (Å²) in [6.45, 7) is 2.35. The Kier molecular flexibility index (Phi) is 7.76. The number of piperidine rings is 1. The van der Waals surface area contributed by atoms with E-state index in [0.717, 1.165) is 32.2 Å². The van der Waals surface area contributed by atoms with Crippen LogP contribution in [0, 0.1) is 11.6 Å². The van der Waals surface area contributed by atoms with Crippen LogP contribution in [0.4, 0.5) is 19.0 Å². The number of methoxy groups -OCH3 is 1. The van der Waals surface area contributed by atoms with Crippen molar-refractivity contribution in [3.05, 3.63) is 47.1 Å². The van der Waals surface area contributed by atoms with Crippen LogP contribution < -0.4 is 19.7 Å². The minimum atomic E-state index is -0.939. The maximum absolute atomic E-state index is 17.0. The number of nitrogens with one attached hydrogen (secondary N) is 1. The number of ether oxygens (including phenoxy) is 3. The van der Waals surface area contributed by atoms with E-state index in [9.17, 15) is 13.6 Å². The molecule has 8 rings (SSSR count). The molecule has 252 valence electrons. The van der Waals surface area contributed by atoms with Gasteiger partial charge in [0.25, 0.3) is 0 Å². The molecule has 0 bridgehead atoms. The van der Waals surface area contributed by atoms with Crippen LogP contribution in [-0.2, 0) is 9.53 Å². The summed E-state index contributed by atoms with van der Waals surface area (Å²) in [7, 11) is 1.48. The van der Waals surface area contributed by atoms with E-state index >= 15 is 4.39 Å². The first-order chi connectivity index (χ1) is 23.2. The number of fused-ring (bicyclic) bond motifs is 3. The van der Waals surface area contributed by atoms with Gasteiger partial charge in [-0.05, 0) is 55.8 Å². The van der Waals surface area contributed by atoms with Crippen molar-refractivity contribution in [2.75, 3.05) is 51.6 Å². The third kappa shape index (κ3) is 5.26. The number of β-lactam (4-membered cyclic amide) rings is 1. The number of pyridine rings is 1. The lowest BCUT2D eigenvalue weighted by Gasteiger charge is -2.49. The number of aromatic nitrogens is 3. The van der Waals surface area contributed by atoms with E-state index in [0.29, 0.717) is 54.8 Å². The number of carbonyl (C=O) groups is 1. The number of carbonyl (C=O) groups excluding carboxylic acids is 1. The van der Waals surface area contributed by atoms with Crippen LogP contribution >= 0.6 is 11.6 Å². The highest BCUT2D eigenvalue weighted by Crippen LogP contribution is 2.43. The largest absolute Gasteiger partial charge is 0.468 e. The molecule has 0 aliphatic carbocycles. The third-order valence-electron chi connectivity index (χ3n) is 10.2. The Morgan fingerprint density at radius 3 is 2.77 bits per heavy atom. The molecular formula is C34H34ClF3N6O4. The summed E-state index contributed by atoms with van der Waals surface area (Å²) in [5.74, 6) is -0.675. The Balaban J connectivity index is 1.26. The molecule has 10 nitrogen and oxygen atoms in total. The van der Waals surface area contributed by atoms with Gasteiger partial charge in [0.15, 0.2) is 12.6 Å². The van der Waals surface area contributed by atoms with E-state index in [1.165, 1.54) is 25.4 Å². The first kappa shape index (κ1) is 31.3. The molecule has 4 aliphatic heterocycles. The van der Waals surface area contributed by atoms with Crippen molar-refractivity contribution >= 4 is 45.0 Å². The molecule has 4 aliphatic rings. The monoisotopic (exact) mass is 682 g/mol. The minimum absolute atomic E-state index is 0.00657. The average Bonchev–Trinajstić information content (AvgIpc) is 3.59. The number of alkyl halides is 1. The van der Waals surface area contributed by atoms with Crippen LogP contribution in [0.2, 0.25) is 5.02 Å². The quantitative estimate of drug-likeness (QED) is 0.189. The summed E-state index contributed by atoms with van der Waals surface area (Å²) in [6, 6.07) is 5.93. The van der Waals surface area contributed by atoms with Gasteiger partial charge in [-0.15, -0.1) is 0 Å². The van der Waals surface area contributed by atoms with Crippen molar-refractivity contribution < 1.29 is 32.2 Å². The number of anilines is 1. The van der Waals surface area contributed by atoms with Crippen LogP contribution in [-0.4, -0.2) is 89.7 Å². The maximum atomic E-state index is 17.0. The molecule has 6 heterocycles. The molecule has 1 spiro atoms. The number of nitrogens with zero attached hydrogens (tertiary/aromatic N) is 5. The third-order valence-corrected chi connectivity index (χ3v) is 10.6. The van der Waals surface area contributed by atoms with Gasteiger partial charge in [-0.25, -0.2) is 13.2 Å². The lowest BCUT2D eigenvalue weighted by Crippen LogP contribution is -2.68. The molecule has 1 amide bonds. The minimum Gasteiger partial charge on any atom is -0.468 e. The van der Waals surface area contributed by atoms with E-state index < -0.39 is 23.3 Å². The zero-order valence-electron chi connectivity index (χ0n) is 26.3. The first-order valence-electron chi connectivity index (χ1n) is 16.2. The van der Waals surface area contributed by atoms with Crippen LogP contribution in [0.25, 0.3) is 32.9 Å². The summed E-state index contributed by atoms with van der Waals surface area (Å²) in [5.41, 5.74) is -0.799. The van der Waals surface area contributed by atoms with Gasteiger partial charge in [0.1, 0.15) is 41.4 Å². The van der Waals surface area contributed by atoms with Crippen LogP contribution in [0.5, 0.6) is 11.8 Å². The van der Waals surface area contributed by atoms with Crippen molar-refractivity contribution in [3.63, 3.8) is 0 Å². The number of benzene rings is 2. The number of hydrogen-bond acceptors (Lipinski definition) is 9. The van der Waals surface area contributed by atoms with Gasteiger partial charge >= 0.3 is 6.01 Å². The Hall–Kier alpha value is -3.94. The maximum Gasteiger partial charge on any atom is 0.319 e. The van der Waals surface area contributed by atoms with Gasteiger partial charge in [-0.2, -0.15) is 9.97 Å². The molecule has 2 aromatic carbocycles. The number of hydrogen-bond donors (Lipinski definition) is 1. The molecule has 14 heteroatoms. The molecule has 48 heavy (non-hydrogen) atoms. The van der Waals surface area contributed by atoms with Crippen molar-refractivity contribution in [3.8, 4) is 23.0 Å². The van der Waals surface area contributed by atoms with Gasteiger partial charge in [-0.3, -0.25) is 14.7 Å². The standard InChI is InChI=1S/C34H34ClF3N6O4/c1-46-18-48-21-10-19-4-5-24(37)27(35)26(19)22(11-21)29-28(38)30-23(14-39-29)31(43-8-2-6-33(16-43)13-25(45)42-33)41-32(40-30)47-17-34-7-3-9-44(34)15-20(36)12-34/h4-5,10-11,14,20H,2-3,6-9,12-13,15-18H2,1H3,(H,42,45)/t20-,33+,34+/m1/s1. The lowest BCUT2D eigenvalue weighted by atomic mass is 9.80. The van der Waals surface area contributed by atoms with Crippen LogP contribution in [0.3, 0.4) is 0 Å². The predicted molar refractivity (Wildman–Crippen MR) is 173 cm³/mol. The van der Waals surface area contributed by atoms with Gasteiger partial charge in [0.05, 0.1) is 27.9 Å². The molecule has 4 aromatic rings. The van der Waals surface area contributed by atoms with Crippen molar-refractivity contribution in [1.82, 2.24) is 25.2 Å². The zero-order chi connectivity index (χ0) is 33.2. The van der Waals surface area contributed by atoms with Gasteiger partial charge in [-0.1, -0.05) is 17.7 Å². The second-order valence-electron chi connectivity index (χ2n) is 13.4. The van der Waals surface area contributed by atoms with E-state index in [1.54, 1.807) is 12.1 Å². The first-order valence-corrected chi connectivity index (χ1v) is 16.5. The summed E-state index contributed by atoms with van der Waals surface area (Å²) < 4.78 is 63.2. The van der Waals surface area contributed by atoms with Crippen molar-refractivity contribution in [2.45, 2.75) is 55.8 Å². The number of rotatable bonds is 8. The Bertz CT molecular complexity index is 1940. The summed E-state index contributed by atoms with van der Waals surface area (Å²) in [4.78, 5) is 30.0. The highest BCUT2D eigenvalue weighted by atomic mass is 35.5. The normalized spacial score (nSPS) is 25.5. The second-order valence-corrected chi connectivity index (χ2v) is 13.8. The Morgan fingerprint density at radius 2 is 1.96 bits per heavy atom. The van der Waals surface area contributed by atoms with Gasteiger partial charge < -0.3 is 24.4 Å². The van der Waals surface area contributed by atoms with E-state index in [2.05, 4.69) is 20.2 Å². The molecule has 4 fully saturated rings. The Labute approximate surface area is 279 Å². The molecule has 2 aromatic heterocycles. The SMILES string of the molecule is COCOc1cc(-c2ncc3c(N4CCC[C@]5(CC(=O)N5)C4)nc(OC[C@@]45CCCN4C[C@H](F)C5)nc3c2F)c2c(Cl)c(F)ccc2c1. The highest BCUT2D eigenvalue weighted by Gasteiger charge is 2.50. The van der Waals surface area contributed by atoms with Crippen molar-refractivity contribution in [2.24, 2.45) is 0 Å². The predicted octanol–water partition coefficient (Wildman–Crippen LogP) is 5.57. The molecule has 0 unspecified atom stereocenters. The van der Waals surface area contributed by atoms with E-state index in [1.807, 2.05) is 4.90 Å². The molecule has 4 saturated heterocycles. The Morgan fingerprint density at radius 1 is 1.12 bits per heavy atom. The highest BCUT2D eigenvalue weighted by molar-refractivity contribution is 6.37. The van der Waals surface area contributed by atoms with E-state index in [-0.39, 0.29) is 58.0 Å². The van der Waals surface area contributed by atoms with Crippen LogP contribution in [0.1, 0.15) is 38.5 Å². The second kappa shape index (κ2) is 11.9. The summed E-state index contributed by atoms with van der Waals surface area (Å²) >= 11 is 6.47. The number of halogens is 4. The summed E-state index contributed by atoms with van der Waals surface area (Å²) in [5, 5.41) is 4.00. The molecule has 1 N–H and O–H groups in total. The van der Waals surface area contributed by atoms with Gasteiger partial charge in [0, 0.05) is 50.3 Å². The summed E-state index contributed by atoms with van der Waals surface area (Å²) in [6.07, 6.45) is 4.66. The zero-order valence-corrected chi connectivity index (χ0v) is 27.1. The molecule has 0 radical (unpaired) electrons. The average molecular weight is 683 g/mol. The lowest BCUT2D eigenvalue weighted by molar-refractivity contribution is -0.133. The fourth-order valence-corrected chi connectivity index (χ4v) is 8.35. The van der Waals surface area contributed by atoms with Crippen LogP contribution in [0.15, 0.2) is 30.5 Å². The smallest absolute Gasteiger partial charge is 0.319 e. The molecule has 3 atom stereocenters. The fraction of sp³-hybridized carbons (Fsp3) is 0.471. The number of amides is 1. The molecular weight excluding hydrogens is 649 g/mol. The molecule has 0 saturated carbocycles. The topological polar surface area (TPSA) is 102 Å². The fourth-order valence-electron chi connectivity index (χ4n) is 8.07. The van der Waals surface area contributed by atoms with E-state index in [4.69, 9.17) is 30.8 Å². The van der Waals surface area contributed by atoms with Crippen molar-refractivity contribution in [1.29, 1.82) is 0 Å².